The second-order valence-electron chi connectivity index (χ2n) is 3.40. The van der Waals surface area contributed by atoms with Crippen molar-refractivity contribution >= 4 is 17.7 Å². The van der Waals surface area contributed by atoms with E-state index in [1.165, 1.54) is 23.4 Å². The predicted octanol–water partition coefficient (Wildman–Crippen LogP) is -0.426. The molecule has 0 aliphatic heterocycles. The van der Waals surface area contributed by atoms with Crippen molar-refractivity contribution in [1.82, 2.24) is 14.8 Å². The Labute approximate surface area is 103 Å². The summed E-state index contributed by atoms with van der Waals surface area (Å²) < 4.78 is 6.03. The number of carbonyl (C=O) groups is 1. The maximum absolute atomic E-state index is 11.4. The molecule has 1 atom stereocenters. The number of carbonyl (C=O) groups excluding carboxylic acids is 1. The zero-order chi connectivity index (χ0) is 12.8. The quantitative estimate of drug-likeness (QED) is 0.531. The number of nitrogens with one attached hydrogen (secondary N) is 1. The van der Waals surface area contributed by atoms with Gasteiger partial charge in [0.05, 0.1) is 7.11 Å². The number of H-pyrrole nitrogens is 1. The van der Waals surface area contributed by atoms with Crippen LogP contribution in [0.3, 0.4) is 0 Å². The van der Waals surface area contributed by atoms with Crippen molar-refractivity contribution in [1.29, 1.82) is 0 Å². The van der Waals surface area contributed by atoms with E-state index in [0.29, 0.717) is 17.5 Å². The van der Waals surface area contributed by atoms with Crippen LogP contribution in [0.15, 0.2) is 9.95 Å². The highest BCUT2D eigenvalue weighted by Gasteiger charge is 2.16. The first-order valence-electron chi connectivity index (χ1n) is 5.21. The van der Waals surface area contributed by atoms with Gasteiger partial charge in [-0.1, -0.05) is 18.7 Å². The molecule has 0 aromatic carbocycles. The van der Waals surface area contributed by atoms with Gasteiger partial charge < -0.3 is 10.5 Å². The average Bonchev–Trinajstić information content (AvgIpc) is 2.67. The van der Waals surface area contributed by atoms with Crippen LogP contribution in [-0.4, -0.2) is 39.6 Å². The van der Waals surface area contributed by atoms with E-state index < -0.39 is 12.0 Å². The van der Waals surface area contributed by atoms with Crippen molar-refractivity contribution in [2.24, 2.45) is 5.73 Å². The van der Waals surface area contributed by atoms with Crippen LogP contribution in [0.2, 0.25) is 0 Å². The van der Waals surface area contributed by atoms with E-state index in [4.69, 9.17) is 5.73 Å². The maximum Gasteiger partial charge on any atom is 0.343 e. The minimum atomic E-state index is -0.716. The van der Waals surface area contributed by atoms with Gasteiger partial charge in [-0.15, -0.1) is 5.10 Å². The molecule has 17 heavy (non-hydrogen) atoms. The van der Waals surface area contributed by atoms with E-state index in [0.717, 1.165) is 6.42 Å². The van der Waals surface area contributed by atoms with Gasteiger partial charge in [0.1, 0.15) is 6.04 Å². The van der Waals surface area contributed by atoms with Gasteiger partial charge in [0.15, 0.2) is 5.16 Å². The Hall–Kier alpha value is -1.28. The number of methoxy groups -OCH3 is 1. The topological polar surface area (TPSA) is 103 Å². The van der Waals surface area contributed by atoms with E-state index >= 15 is 0 Å². The van der Waals surface area contributed by atoms with Gasteiger partial charge in [-0.05, 0) is 6.42 Å². The SMILES string of the molecule is CCCn1c(SCC(N)C(=O)OC)n[nH]c1=O. The standard InChI is InChI=1S/C9H16N4O3S/c1-3-4-13-8(15)11-12-9(13)17-5-6(10)7(14)16-2/h6H,3-5,10H2,1-2H3,(H,11,15). The van der Waals surface area contributed by atoms with Crippen LogP contribution < -0.4 is 11.4 Å². The number of aromatic amines is 1. The van der Waals surface area contributed by atoms with Crippen LogP contribution in [0.5, 0.6) is 0 Å². The highest BCUT2D eigenvalue weighted by molar-refractivity contribution is 7.99. The van der Waals surface area contributed by atoms with E-state index in [1.807, 2.05) is 6.92 Å². The van der Waals surface area contributed by atoms with Crippen molar-refractivity contribution in [3.63, 3.8) is 0 Å². The van der Waals surface area contributed by atoms with Crippen molar-refractivity contribution in [3.05, 3.63) is 10.5 Å². The molecule has 1 unspecified atom stereocenters. The third kappa shape index (κ3) is 3.60. The lowest BCUT2D eigenvalue weighted by atomic mass is 10.4. The third-order valence-electron chi connectivity index (χ3n) is 2.07. The first-order valence-corrected chi connectivity index (χ1v) is 6.20. The predicted molar refractivity (Wildman–Crippen MR) is 63.9 cm³/mol. The molecule has 0 amide bonds. The highest BCUT2D eigenvalue weighted by Crippen LogP contribution is 2.14. The Bertz CT molecular complexity index is 428. The molecule has 96 valence electrons. The number of rotatable bonds is 6. The number of esters is 1. The molecule has 0 aliphatic rings. The van der Waals surface area contributed by atoms with Crippen molar-refractivity contribution in [2.45, 2.75) is 31.1 Å². The van der Waals surface area contributed by atoms with Crippen LogP contribution in [0.25, 0.3) is 0 Å². The summed E-state index contributed by atoms with van der Waals surface area (Å²) in [5, 5.41) is 6.78. The molecule has 8 heteroatoms. The van der Waals surface area contributed by atoms with E-state index in [2.05, 4.69) is 14.9 Å². The average molecular weight is 260 g/mol. The summed E-state index contributed by atoms with van der Waals surface area (Å²) in [6, 6.07) is -0.716. The molecular weight excluding hydrogens is 244 g/mol. The number of aromatic nitrogens is 3. The van der Waals surface area contributed by atoms with Crippen molar-refractivity contribution < 1.29 is 9.53 Å². The Balaban J connectivity index is 2.63. The molecule has 1 rings (SSSR count). The van der Waals surface area contributed by atoms with Crippen LogP contribution >= 0.6 is 11.8 Å². The summed E-state index contributed by atoms with van der Waals surface area (Å²) in [4.78, 5) is 22.5. The monoisotopic (exact) mass is 260 g/mol. The Morgan fingerprint density at radius 2 is 2.41 bits per heavy atom. The van der Waals surface area contributed by atoms with Gasteiger partial charge in [0.25, 0.3) is 0 Å². The molecule has 1 aromatic rings. The van der Waals surface area contributed by atoms with Gasteiger partial charge in [0, 0.05) is 12.3 Å². The second kappa shape index (κ2) is 6.45. The summed E-state index contributed by atoms with van der Waals surface area (Å²) in [5.41, 5.74) is 5.34. The largest absolute Gasteiger partial charge is 0.468 e. The number of hydrogen-bond donors (Lipinski definition) is 2. The molecule has 0 saturated carbocycles. The molecule has 0 radical (unpaired) electrons. The van der Waals surface area contributed by atoms with Crippen molar-refractivity contribution in [3.8, 4) is 0 Å². The third-order valence-corrected chi connectivity index (χ3v) is 3.16. The first-order chi connectivity index (χ1) is 8.10. The van der Waals surface area contributed by atoms with Crippen molar-refractivity contribution in [2.75, 3.05) is 12.9 Å². The fraction of sp³-hybridized carbons (Fsp3) is 0.667. The van der Waals surface area contributed by atoms with E-state index in [1.54, 1.807) is 0 Å². The second-order valence-corrected chi connectivity index (χ2v) is 4.39. The Morgan fingerprint density at radius 1 is 1.71 bits per heavy atom. The molecule has 7 nitrogen and oxygen atoms in total. The number of thioether (sulfide) groups is 1. The maximum atomic E-state index is 11.4. The fourth-order valence-corrected chi connectivity index (χ4v) is 2.12. The lowest BCUT2D eigenvalue weighted by Crippen LogP contribution is -2.34. The molecule has 1 heterocycles. The van der Waals surface area contributed by atoms with Gasteiger partial charge in [0.2, 0.25) is 0 Å². The summed E-state index contributed by atoms with van der Waals surface area (Å²) in [7, 11) is 1.29. The smallest absolute Gasteiger partial charge is 0.343 e. The highest BCUT2D eigenvalue weighted by atomic mass is 32.2. The number of ether oxygens (including phenoxy) is 1. The van der Waals surface area contributed by atoms with Gasteiger partial charge in [-0.25, -0.2) is 9.89 Å². The van der Waals surface area contributed by atoms with Crippen LogP contribution in [0.4, 0.5) is 0 Å². The summed E-state index contributed by atoms with van der Waals surface area (Å²) in [6.07, 6.45) is 0.829. The Kier molecular flexibility index (Phi) is 5.23. The van der Waals surface area contributed by atoms with Crippen LogP contribution in [-0.2, 0) is 16.1 Å². The van der Waals surface area contributed by atoms with Gasteiger partial charge >= 0.3 is 11.7 Å². The van der Waals surface area contributed by atoms with Crippen LogP contribution in [0.1, 0.15) is 13.3 Å². The van der Waals surface area contributed by atoms with Gasteiger partial charge in [-0.2, -0.15) is 0 Å². The molecule has 0 fully saturated rings. The summed E-state index contributed by atoms with van der Waals surface area (Å²) >= 11 is 1.25. The van der Waals surface area contributed by atoms with E-state index in [-0.39, 0.29) is 5.69 Å². The zero-order valence-electron chi connectivity index (χ0n) is 9.80. The minimum absolute atomic E-state index is 0.249. The number of nitrogens with zero attached hydrogens (tertiary/aromatic N) is 2. The zero-order valence-corrected chi connectivity index (χ0v) is 10.6. The molecule has 3 N–H and O–H groups in total. The molecular formula is C9H16N4O3S. The molecule has 0 spiro atoms. The number of hydrogen-bond acceptors (Lipinski definition) is 6. The minimum Gasteiger partial charge on any atom is -0.468 e. The number of nitrogens with two attached hydrogens (primary N) is 1. The lowest BCUT2D eigenvalue weighted by molar-refractivity contribution is -0.141. The lowest BCUT2D eigenvalue weighted by Gasteiger charge is -2.08. The fourth-order valence-electron chi connectivity index (χ4n) is 1.22. The molecule has 0 aliphatic carbocycles. The molecule has 0 saturated heterocycles. The molecule has 1 aromatic heterocycles. The Morgan fingerprint density at radius 3 is 3.00 bits per heavy atom. The van der Waals surface area contributed by atoms with Gasteiger partial charge in [-0.3, -0.25) is 9.36 Å². The first kappa shape index (κ1) is 13.8. The normalized spacial score (nSPS) is 12.4. The molecule has 0 bridgehead atoms. The van der Waals surface area contributed by atoms with E-state index in [9.17, 15) is 9.59 Å². The summed E-state index contributed by atoms with van der Waals surface area (Å²) in [6.45, 7) is 2.55. The summed E-state index contributed by atoms with van der Waals surface area (Å²) in [5.74, 6) is -0.154. The van der Waals surface area contributed by atoms with Crippen LogP contribution in [0, 0.1) is 0 Å².